The van der Waals surface area contributed by atoms with Crippen LogP contribution in [0.5, 0.6) is 5.75 Å². The van der Waals surface area contributed by atoms with E-state index in [9.17, 15) is 9.59 Å². The van der Waals surface area contributed by atoms with Gasteiger partial charge in [-0.25, -0.2) is 0 Å². The Morgan fingerprint density at radius 1 is 1.13 bits per heavy atom. The first kappa shape index (κ1) is 21.2. The summed E-state index contributed by atoms with van der Waals surface area (Å²) in [5, 5.41) is 0. The Morgan fingerprint density at radius 2 is 1.90 bits per heavy atom. The zero-order chi connectivity index (χ0) is 21.0. The van der Waals surface area contributed by atoms with Crippen molar-refractivity contribution in [1.29, 1.82) is 0 Å². The maximum atomic E-state index is 12.9. The molecule has 2 saturated heterocycles. The fourth-order valence-electron chi connectivity index (χ4n) is 5.32. The van der Waals surface area contributed by atoms with E-state index in [4.69, 9.17) is 9.47 Å². The third-order valence-electron chi connectivity index (χ3n) is 7.35. The van der Waals surface area contributed by atoms with Gasteiger partial charge in [0.05, 0.1) is 20.3 Å². The summed E-state index contributed by atoms with van der Waals surface area (Å²) in [6.07, 6.45) is 6.41. The fraction of sp³-hybridized carbons (Fsp3) is 0.667. The molecule has 4 rings (SSSR count). The third-order valence-corrected chi connectivity index (χ3v) is 7.35. The number of morpholine rings is 1. The van der Waals surface area contributed by atoms with Crippen LogP contribution in [0.4, 0.5) is 0 Å². The average Bonchev–Trinajstić information content (AvgIpc) is 3.17. The number of nitrogens with zero attached hydrogens (tertiary/aromatic N) is 2. The van der Waals surface area contributed by atoms with Crippen LogP contribution in [-0.2, 0) is 20.7 Å². The van der Waals surface area contributed by atoms with Crippen molar-refractivity contribution in [3.05, 3.63) is 29.8 Å². The molecule has 0 aromatic heterocycles. The molecule has 1 aromatic carbocycles. The summed E-state index contributed by atoms with van der Waals surface area (Å²) < 4.78 is 10.6. The van der Waals surface area contributed by atoms with E-state index in [0.29, 0.717) is 45.1 Å². The fourth-order valence-corrected chi connectivity index (χ4v) is 5.32. The molecule has 6 nitrogen and oxygen atoms in total. The normalized spacial score (nSPS) is 22.8. The lowest BCUT2D eigenvalue weighted by atomic mass is 9.62. The van der Waals surface area contributed by atoms with Crippen molar-refractivity contribution >= 4 is 11.8 Å². The maximum absolute atomic E-state index is 12.9. The van der Waals surface area contributed by atoms with E-state index in [1.54, 1.807) is 7.11 Å². The molecule has 1 unspecified atom stereocenters. The highest BCUT2D eigenvalue weighted by molar-refractivity contribution is 5.77. The Hall–Kier alpha value is -2.08. The first-order valence-electron chi connectivity index (χ1n) is 11.4. The Balaban J connectivity index is 1.29. The molecule has 1 atom stereocenters. The molecule has 3 aliphatic rings. The maximum Gasteiger partial charge on any atom is 0.222 e. The van der Waals surface area contributed by atoms with E-state index in [1.165, 1.54) is 19.3 Å². The van der Waals surface area contributed by atoms with Gasteiger partial charge >= 0.3 is 0 Å². The van der Waals surface area contributed by atoms with Gasteiger partial charge in [-0.15, -0.1) is 0 Å². The largest absolute Gasteiger partial charge is 0.497 e. The molecule has 0 N–H and O–H groups in total. The lowest BCUT2D eigenvalue weighted by molar-refractivity contribution is -0.135. The quantitative estimate of drug-likeness (QED) is 0.688. The van der Waals surface area contributed by atoms with Crippen molar-refractivity contribution < 1.29 is 19.1 Å². The highest BCUT2D eigenvalue weighted by atomic mass is 16.5. The molecule has 6 heteroatoms. The van der Waals surface area contributed by atoms with Gasteiger partial charge in [-0.05, 0) is 54.7 Å². The topological polar surface area (TPSA) is 59.1 Å². The van der Waals surface area contributed by atoms with Crippen LogP contribution >= 0.6 is 0 Å². The molecule has 30 heavy (non-hydrogen) atoms. The Kier molecular flexibility index (Phi) is 6.61. The molecule has 164 valence electrons. The lowest BCUT2D eigenvalue weighted by Crippen LogP contribution is -2.42. The van der Waals surface area contributed by atoms with Crippen LogP contribution in [0.15, 0.2) is 24.3 Å². The minimum Gasteiger partial charge on any atom is -0.497 e. The van der Waals surface area contributed by atoms with Crippen molar-refractivity contribution in [2.24, 2.45) is 11.3 Å². The molecular formula is C24H34N2O4. The van der Waals surface area contributed by atoms with Gasteiger partial charge < -0.3 is 19.3 Å². The van der Waals surface area contributed by atoms with E-state index in [-0.39, 0.29) is 17.2 Å². The van der Waals surface area contributed by atoms with Gasteiger partial charge in [0.2, 0.25) is 11.8 Å². The first-order chi connectivity index (χ1) is 14.6. The monoisotopic (exact) mass is 414 g/mol. The van der Waals surface area contributed by atoms with Crippen molar-refractivity contribution in [1.82, 2.24) is 9.80 Å². The highest BCUT2D eigenvalue weighted by Gasteiger charge is 2.50. The summed E-state index contributed by atoms with van der Waals surface area (Å²) in [4.78, 5) is 29.5. The second kappa shape index (κ2) is 9.38. The van der Waals surface area contributed by atoms with Crippen molar-refractivity contribution in [3.8, 4) is 5.75 Å². The smallest absolute Gasteiger partial charge is 0.222 e. The van der Waals surface area contributed by atoms with Crippen LogP contribution in [0, 0.1) is 11.3 Å². The van der Waals surface area contributed by atoms with Crippen molar-refractivity contribution in [2.75, 3.05) is 46.5 Å². The Bertz CT molecular complexity index is 755. The Morgan fingerprint density at radius 3 is 2.60 bits per heavy atom. The number of benzene rings is 1. The second-order valence-electron chi connectivity index (χ2n) is 9.07. The van der Waals surface area contributed by atoms with Crippen molar-refractivity contribution in [3.63, 3.8) is 0 Å². The van der Waals surface area contributed by atoms with Gasteiger partial charge in [-0.2, -0.15) is 0 Å². The summed E-state index contributed by atoms with van der Waals surface area (Å²) in [6.45, 7) is 4.41. The highest BCUT2D eigenvalue weighted by Crippen LogP contribution is 2.53. The van der Waals surface area contributed by atoms with Crippen LogP contribution in [0.3, 0.4) is 0 Å². The minimum atomic E-state index is 0.242. The van der Waals surface area contributed by atoms with E-state index >= 15 is 0 Å². The van der Waals surface area contributed by atoms with Crippen LogP contribution in [0.25, 0.3) is 0 Å². The predicted molar refractivity (Wildman–Crippen MR) is 114 cm³/mol. The minimum absolute atomic E-state index is 0.242. The third kappa shape index (κ3) is 4.64. The number of methoxy groups -OCH3 is 1. The van der Waals surface area contributed by atoms with E-state index in [1.807, 2.05) is 29.2 Å². The predicted octanol–water partition coefficient (Wildman–Crippen LogP) is 2.90. The summed E-state index contributed by atoms with van der Waals surface area (Å²) in [6, 6.07) is 7.95. The number of carbonyl (C=O) groups excluding carboxylic acids is 2. The molecule has 2 amide bonds. The molecule has 2 aliphatic heterocycles. The molecule has 0 radical (unpaired) electrons. The zero-order valence-corrected chi connectivity index (χ0v) is 18.1. The molecule has 1 saturated carbocycles. The van der Waals surface area contributed by atoms with Gasteiger partial charge in [0.25, 0.3) is 0 Å². The number of rotatable bonds is 7. The van der Waals surface area contributed by atoms with Gasteiger partial charge in [0.1, 0.15) is 5.75 Å². The van der Waals surface area contributed by atoms with E-state index in [2.05, 4.69) is 4.90 Å². The van der Waals surface area contributed by atoms with Crippen LogP contribution < -0.4 is 4.74 Å². The molecule has 1 spiro atoms. The van der Waals surface area contributed by atoms with Crippen LogP contribution in [0.2, 0.25) is 0 Å². The van der Waals surface area contributed by atoms with Gasteiger partial charge in [-0.3, -0.25) is 9.59 Å². The molecule has 1 aliphatic carbocycles. The Labute approximate surface area is 179 Å². The van der Waals surface area contributed by atoms with Gasteiger partial charge in [0, 0.05) is 39.0 Å². The molecule has 3 fully saturated rings. The number of aryl methyl sites for hydroxylation is 1. The molecule has 2 heterocycles. The molecule has 0 bridgehead atoms. The van der Waals surface area contributed by atoms with Crippen molar-refractivity contribution in [2.45, 2.75) is 44.9 Å². The average molecular weight is 415 g/mol. The lowest BCUT2D eigenvalue weighted by Gasteiger charge is -2.43. The number of hydrogen-bond donors (Lipinski definition) is 0. The number of ether oxygens (including phenoxy) is 2. The summed E-state index contributed by atoms with van der Waals surface area (Å²) in [5.41, 5.74) is 1.39. The van der Waals surface area contributed by atoms with E-state index < -0.39 is 0 Å². The number of amides is 2. The number of likely N-dealkylation sites (tertiary alicyclic amines) is 1. The summed E-state index contributed by atoms with van der Waals surface area (Å²) in [7, 11) is 1.66. The zero-order valence-electron chi connectivity index (χ0n) is 18.1. The first-order valence-corrected chi connectivity index (χ1v) is 11.4. The standard InChI is InChI=1S/C24H34N2O4/c1-29-21-5-2-4-19(16-21)6-8-23(28)26-17-20(24(18-26)10-3-11-24)7-9-22(27)25-12-14-30-15-13-25/h2,4-5,16,20H,3,6-15,17-18H2,1H3. The molecule has 1 aromatic rings. The van der Waals surface area contributed by atoms with Crippen LogP contribution in [0.1, 0.15) is 44.1 Å². The van der Waals surface area contributed by atoms with E-state index in [0.717, 1.165) is 37.2 Å². The number of carbonyl (C=O) groups is 2. The van der Waals surface area contributed by atoms with Gasteiger partial charge in [-0.1, -0.05) is 18.6 Å². The second-order valence-corrected chi connectivity index (χ2v) is 9.07. The summed E-state index contributed by atoms with van der Waals surface area (Å²) >= 11 is 0. The van der Waals surface area contributed by atoms with Gasteiger partial charge in [0.15, 0.2) is 0 Å². The molecular weight excluding hydrogens is 380 g/mol. The number of hydrogen-bond acceptors (Lipinski definition) is 4. The van der Waals surface area contributed by atoms with Crippen LogP contribution in [-0.4, -0.2) is 68.1 Å². The summed E-state index contributed by atoms with van der Waals surface area (Å²) in [5.74, 6) is 1.78. The SMILES string of the molecule is COc1cccc(CCC(=O)N2CC(CCC(=O)N3CCOCC3)C3(CCC3)C2)c1.